The van der Waals surface area contributed by atoms with E-state index in [2.05, 4.69) is 16.0 Å². The van der Waals surface area contributed by atoms with E-state index >= 15 is 0 Å². The van der Waals surface area contributed by atoms with Crippen molar-refractivity contribution in [2.24, 2.45) is 0 Å². The number of methoxy groups -OCH3 is 1. The molecule has 43 heavy (non-hydrogen) atoms. The van der Waals surface area contributed by atoms with Crippen LogP contribution in [0, 0.1) is 0 Å². The van der Waals surface area contributed by atoms with Crippen molar-refractivity contribution in [3.05, 3.63) is 35.9 Å². The number of carbonyl (C=O) groups is 7. The second-order valence-electron chi connectivity index (χ2n) is 9.33. The largest absolute Gasteiger partial charge is 0.467 e. The van der Waals surface area contributed by atoms with E-state index in [0.29, 0.717) is 5.56 Å². The molecule has 1 saturated heterocycles. The Hall–Kier alpha value is -4.73. The normalized spacial score (nSPS) is 21.7. The van der Waals surface area contributed by atoms with Crippen molar-refractivity contribution >= 4 is 41.8 Å². The Kier molecular flexibility index (Phi) is 13.3. The van der Waals surface area contributed by atoms with Crippen molar-refractivity contribution in [2.75, 3.05) is 13.7 Å². The molecule has 1 aromatic rings. The summed E-state index contributed by atoms with van der Waals surface area (Å²) in [5.74, 6) is -4.79. The molecule has 16 heteroatoms. The van der Waals surface area contributed by atoms with E-state index in [4.69, 9.17) is 28.4 Å². The zero-order valence-corrected chi connectivity index (χ0v) is 24.3. The zero-order valence-electron chi connectivity index (χ0n) is 24.3. The molecule has 3 amide bonds. The van der Waals surface area contributed by atoms with Gasteiger partial charge in [0.15, 0.2) is 18.4 Å². The lowest BCUT2D eigenvalue weighted by molar-refractivity contribution is -0.228. The third-order valence-corrected chi connectivity index (χ3v) is 5.80. The minimum absolute atomic E-state index is 0.105. The lowest BCUT2D eigenvalue weighted by Crippen LogP contribution is -2.69. The maximum Gasteiger partial charge on any atom is 0.408 e. The first-order chi connectivity index (χ1) is 20.3. The molecular formula is C27H35N3O13. The predicted molar refractivity (Wildman–Crippen MR) is 142 cm³/mol. The number of rotatable bonds is 12. The Morgan fingerprint density at radius 2 is 1.47 bits per heavy atom. The topological polar surface area (TPSA) is 211 Å². The van der Waals surface area contributed by atoms with Gasteiger partial charge < -0.3 is 44.4 Å². The predicted octanol–water partition coefficient (Wildman–Crippen LogP) is -0.383. The third-order valence-electron chi connectivity index (χ3n) is 5.80. The van der Waals surface area contributed by atoms with E-state index in [-0.39, 0.29) is 6.61 Å². The van der Waals surface area contributed by atoms with Gasteiger partial charge >= 0.3 is 30.0 Å². The third kappa shape index (κ3) is 11.6. The molecule has 2 rings (SSSR count). The molecule has 1 aromatic carbocycles. The van der Waals surface area contributed by atoms with Crippen LogP contribution < -0.4 is 16.0 Å². The Balaban J connectivity index is 2.26. The molecule has 0 radical (unpaired) electrons. The lowest BCUT2D eigenvalue weighted by atomic mass is 9.95. The monoisotopic (exact) mass is 609 g/mol. The number of carbonyl (C=O) groups excluding carboxylic acids is 7. The van der Waals surface area contributed by atoms with Crippen LogP contribution in [0.15, 0.2) is 30.3 Å². The first-order valence-corrected chi connectivity index (χ1v) is 13.1. The van der Waals surface area contributed by atoms with Crippen LogP contribution in [0.5, 0.6) is 0 Å². The van der Waals surface area contributed by atoms with E-state index in [1.807, 2.05) is 0 Å². The molecule has 1 aliphatic rings. The quantitative estimate of drug-likeness (QED) is 0.204. The minimum Gasteiger partial charge on any atom is -0.467 e. The van der Waals surface area contributed by atoms with Gasteiger partial charge in [-0.2, -0.15) is 0 Å². The van der Waals surface area contributed by atoms with Crippen molar-refractivity contribution in [3.63, 3.8) is 0 Å². The molecule has 236 valence electrons. The van der Waals surface area contributed by atoms with Crippen LogP contribution in [-0.2, 0) is 63.8 Å². The number of esters is 4. The fourth-order valence-electron chi connectivity index (χ4n) is 4.10. The standard InChI is InChI=1S/C27H35N3O13/c1-14(31)28-22-24(42-17(4)34)23(41-16(3)33)20(13-39-15(2)32)43-25(22)30-21(35)11-19(26(36)38-5)29-27(37)40-12-18-9-7-6-8-10-18/h6-10,19-20,22-25H,11-13H2,1-5H3,(H,28,31)(H,29,37)(H,30,35)/t19-,20+,22+,23+,24+,25+/m0/s1. The molecule has 1 heterocycles. The van der Waals surface area contributed by atoms with Crippen molar-refractivity contribution in [1.82, 2.24) is 16.0 Å². The van der Waals surface area contributed by atoms with Crippen LogP contribution in [0.25, 0.3) is 0 Å². The van der Waals surface area contributed by atoms with Crippen molar-refractivity contribution in [2.45, 2.75) is 77.3 Å². The van der Waals surface area contributed by atoms with Gasteiger partial charge in [0, 0.05) is 27.7 Å². The van der Waals surface area contributed by atoms with Gasteiger partial charge in [-0.05, 0) is 5.56 Å². The van der Waals surface area contributed by atoms with E-state index in [1.165, 1.54) is 0 Å². The van der Waals surface area contributed by atoms with Crippen molar-refractivity contribution in [1.29, 1.82) is 0 Å². The summed E-state index contributed by atoms with van der Waals surface area (Å²) in [6.45, 7) is 3.84. The summed E-state index contributed by atoms with van der Waals surface area (Å²) in [6.07, 6.45) is -7.17. The maximum absolute atomic E-state index is 13.1. The molecule has 3 N–H and O–H groups in total. The summed E-state index contributed by atoms with van der Waals surface area (Å²) in [5.41, 5.74) is 0.682. The molecule has 1 fully saturated rings. The summed E-state index contributed by atoms with van der Waals surface area (Å²) < 4.78 is 31.3. The second-order valence-corrected chi connectivity index (χ2v) is 9.33. The van der Waals surface area contributed by atoms with Crippen molar-refractivity contribution in [3.8, 4) is 0 Å². The molecule has 1 aliphatic heterocycles. The highest BCUT2D eigenvalue weighted by Crippen LogP contribution is 2.26. The van der Waals surface area contributed by atoms with Crippen LogP contribution in [0.2, 0.25) is 0 Å². The number of hydrogen-bond donors (Lipinski definition) is 3. The summed E-state index contributed by atoms with van der Waals surface area (Å²) in [5, 5.41) is 7.22. The Morgan fingerprint density at radius 3 is 2.02 bits per heavy atom. The molecule has 0 aliphatic carbocycles. The highest BCUT2D eigenvalue weighted by Gasteiger charge is 2.51. The Labute approximate surface area is 247 Å². The average Bonchev–Trinajstić information content (AvgIpc) is 2.93. The Morgan fingerprint density at radius 1 is 0.837 bits per heavy atom. The van der Waals surface area contributed by atoms with Gasteiger partial charge in [0.1, 0.15) is 31.4 Å². The number of hydrogen-bond acceptors (Lipinski definition) is 13. The van der Waals surface area contributed by atoms with Gasteiger partial charge in [-0.15, -0.1) is 0 Å². The summed E-state index contributed by atoms with van der Waals surface area (Å²) >= 11 is 0. The maximum atomic E-state index is 13.1. The number of ether oxygens (including phenoxy) is 6. The number of benzene rings is 1. The van der Waals surface area contributed by atoms with E-state index in [1.54, 1.807) is 30.3 Å². The van der Waals surface area contributed by atoms with Crippen LogP contribution in [0.1, 0.15) is 39.7 Å². The van der Waals surface area contributed by atoms with Crippen molar-refractivity contribution < 1.29 is 62.0 Å². The molecule has 0 spiro atoms. The van der Waals surface area contributed by atoms with E-state index in [0.717, 1.165) is 34.8 Å². The Bertz CT molecular complexity index is 1180. The lowest BCUT2D eigenvalue weighted by Gasteiger charge is -2.45. The van der Waals surface area contributed by atoms with Crippen LogP contribution in [-0.4, -0.2) is 92.1 Å². The van der Waals surface area contributed by atoms with E-state index in [9.17, 15) is 33.6 Å². The fourth-order valence-corrected chi connectivity index (χ4v) is 4.10. The number of amides is 3. The zero-order chi connectivity index (χ0) is 32.1. The first-order valence-electron chi connectivity index (χ1n) is 13.1. The SMILES string of the molecule is COC(=O)[C@H](CC(=O)N[C@@H]1O[C@H](COC(C)=O)[C@@H](OC(C)=O)[C@H](OC(C)=O)[C@H]1NC(C)=O)NC(=O)OCc1ccccc1. The molecule has 6 atom stereocenters. The number of nitrogens with one attached hydrogen (secondary N) is 3. The summed E-state index contributed by atoms with van der Waals surface area (Å²) in [4.78, 5) is 85.2. The molecular weight excluding hydrogens is 574 g/mol. The fraction of sp³-hybridized carbons (Fsp3) is 0.519. The van der Waals surface area contributed by atoms with Crippen LogP contribution in [0.3, 0.4) is 0 Å². The van der Waals surface area contributed by atoms with Gasteiger partial charge in [0.05, 0.1) is 13.5 Å². The van der Waals surface area contributed by atoms with Crippen LogP contribution in [0.4, 0.5) is 4.79 Å². The summed E-state index contributed by atoms with van der Waals surface area (Å²) in [6, 6.07) is 5.91. The molecule has 0 aromatic heterocycles. The molecule has 0 unspecified atom stereocenters. The molecule has 16 nitrogen and oxygen atoms in total. The van der Waals surface area contributed by atoms with Gasteiger partial charge in [0.2, 0.25) is 11.8 Å². The van der Waals surface area contributed by atoms with Gasteiger partial charge in [-0.1, -0.05) is 30.3 Å². The van der Waals surface area contributed by atoms with E-state index < -0.39 is 91.4 Å². The van der Waals surface area contributed by atoms with Gasteiger partial charge in [-0.3, -0.25) is 24.0 Å². The summed E-state index contributed by atoms with van der Waals surface area (Å²) in [7, 11) is 1.06. The minimum atomic E-state index is -1.49. The average molecular weight is 610 g/mol. The highest BCUT2D eigenvalue weighted by molar-refractivity contribution is 5.88. The molecule has 0 bridgehead atoms. The smallest absolute Gasteiger partial charge is 0.408 e. The van der Waals surface area contributed by atoms with Gasteiger partial charge in [0.25, 0.3) is 0 Å². The van der Waals surface area contributed by atoms with Crippen LogP contribution >= 0.6 is 0 Å². The highest BCUT2D eigenvalue weighted by atomic mass is 16.6. The second kappa shape index (κ2) is 16.6. The molecule has 0 saturated carbocycles. The first kappa shape index (κ1) is 34.5. The number of alkyl carbamates (subject to hydrolysis) is 1. The van der Waals surface area contributed by atoms with Gasteiger partial charge in [-0.25, -0.2) is 9.59 Å².